The summed E-state index contributed by atoms with van der Waals surface area (Å²) in [7, 11) is -4.03. The van der Waals surface area contributed by atoms with Gasteiger partial charge in [-0.05, 0) is 54.6 Å². The number of nitrogens with one attached hydrogen (secondary N) is 1. The monoisotopic (exact) mass is 411 g/mol. The van der Waals surface area contributed by atoms with Crippen LogP contribution in [-0.2, 0) is 10.0 Å². The van der Waals surface area contributed by atoms with Gasteiger partial charge in [-0.15, -0.1) is 0 Å². The lowest BCUT2D eigenvalue weighted by atomic mass is 10.1. The van der Waals surface area contributed by atoms with Crippen LogP contribution in [0.1, 0.15) is 15.9 Å². The van der Waals surface area contributed by atoms with E-state index in [0.717, 1.165) is 12.1 Å². The zero-order valence-electron chi connectivity index (χ0n) is 15.0. The Morgan fingerprint density at radius 3 is 2.34 bits per heavy atom. The van der Waals surface area contributed by atoms with Gasteiger partial charge in [0.05, 0.1) is 10.6 Å². The van der Waals surface area contributed by atoms with E-state index in [4.69, 9.17) is 0 Å². The second kappa shape index (κ2) is 8.07. The van der Waals surface area contributed by atoms with Gasteiger partial charge in [-0.25, -0.2) is 8.42 Å². The maximum atomic E-state index is 12.6. The molecule has 148 valence electrons. The highest BCUT2D eigenvalue weighted by Gasteiger charge is 2.18. The number of ketones is 1. The minimum absolute atomic E-state index is 0.0608. The van der Waals surface area contributed by atoms with E-state index in [2.05, 4.69) is 4.72 Å². The van der Waals surface area contributed by atoms with Gasteiger partial charge in [0.15, 0.2) is 5.78 Å². The Balaban J connectivity index is 1.90. The lowest BCUT2D eigenvalue weighted by Crippen LogP contribution is -2.15. The van der Waals surface area contributed by atoms with Crippen LogP contribution in [0, 0.1) is 0 Å². The number of para-hydroxylation sites is 1. The molecule has 7 nitrogen and oxygen atoms in total. The molecule has 0 aromatic heterocycles. The number of carbonyl (C=O) groups excluding carboxylic acids is 1. The number of rotatable bonds is 6. The van der Waals surface area contributed by atoms with Crippen molar-refractivity contribution in [3.8, 4) is 17.2 Å². The van der Waals surface area contributed by atoms with Crippen molar-refractivity contribution in [1.29, 1.82) is 0 Å². The molecular weight excluding hydrogens is 394 g/mol. The Kier molecular flexibility index (Phi) is 5.56. The Bertz CT molecular complexity index is 1200. The fourth-order valence-corrected chi connectivity index (χ4v) is 3.69. The molecule has 0 amide bonds. The zero-order chi connectivity index (χ0) is 21.0. The maximum absolute atomic E-state index is 12.6. The van der Waals surface area contributed by atoms with E-state index >= 15 is 0 Å². The van der Waals surface area contributed by atoms with Gasteiger partial charge in [0.1, 0.15) is 17.2 Å². The third-order valence-corrected chi connectivity index (χ3v) is 5.35. The third-order valence-electron chi connectivity index (χ3n) is 3.99. The van der Waals surface area contributed by atoms with Crippen LogP contribution < -0.4 is 4.72 Å². The van der Waals surface area contributed by atoms with E-state index in [1.807, 2.05) is 0 Å². The topological polar surface area (TPSA) is 124 Å². The second-order valence-electron chi connectivity index (χ2n) is 6.09. The average Bonchev–Trinajstić information content (AvgIpc) is 2.68. The molecule has 0 radical (unpaired) electrons. The first-order chi connectivity index (χ1) is 13.8. The first-order valence-electron chi connectivity index (χ1n) is 8.41. The van der Waals surface area contributed by atoms with Crippen molar-refractivity contribution in [3.05, 3.63) is 83.9 Å². The summed E-state index contributed by atoms with van der Waals surface area (Å²) in [6, 6.07) is 15.1. The summed E-state index contributed by atoms with van der Waals surface area (Å²) in [5.41, 5.74) is 0.383. The van der Waals surface area contributed by atoms with Gasteiger partial charge >= 0.3 is 0 Å². The van der Waals surface area contributed by atoms with Crippen LogP contribution in [0.2, 0.25) is 0 Å². The minimum Gasteiger partial charge on any atom is -0.508 e. The molecule has 0 aliphatic heterocycles. The van der Waals surface area contributed by atoms with Crippen LogP contribution in [0.4, 0.5) is 5.69 Å². The number of benzene rings is 3. The molecule has 3 aromatic carbocycles. The SMILES string of the molecule is O=C(/C=C/c1cc(O)ccc1O)c1ccccc1NS(=O)(=O)c1cccc(O)c1. The van der Waals surface area contributed by atoms with Crippen molar-refractivity contribution >= 4 is 27.6 Å². The van der Waals surface area contributed by atoms with Crippen molar-refractivity contribution in [1.82, 2.24) is 0 Å². The molecule has 0 bridgehead atoms. The molecule has 0 saturated heterocycles. The maximum Gasteiger partial charge on any atom is 0.262 e. The molecule has 0 atom stereocenters. The van der Waals surface area contributed by atoms with Crippen molar-refractivity contribution < 1.29 is 28.5 Å². The smallest absolute Gasteiger partial charge is 0.262 e. The van der Waals surface area contributed by atoms with Crippen molar-refractivity contribution in [2.24, 2.45) is 0 Å². The van der Waals surface area contributed by atoms with Crippen LogP contribution >= 0.6 is 0 Å². The van der Waals surface area contributed by atoms with Crippen LogP contribution in [-0.4, -0.2) is 29.5 Å². The number of hydrogen-bond acceptors (Lipinski definition) is 6. The summed E-state index contributed by atoms with van der Waals surface area (Å²) in [4.78, 5) is 12.5. The molecule has 0 fully saturated rings. The summed E-state index contributed by atoms with van der Waals surface area (Å²) in [5, 5.41) is 28.8. The van der Waals surface area contributed by atoms with E-state index in [1.54, 1.807) is 12.1 Å². The van der Waals surface area contributed by atoms with Crippen LogP contribution in [0.15, 0.2) is 77.7 Å². The fourth-order valence-electron chi connectivity index (χ4n) is 2.57. The molecule has 0 spiro atoms. The molecule has 4 N–H and O–H groups in total. The van der Waals surface area contributed by atoms with Crippen molar-refractivity contribution in [2.45, 2.75) is 4.90 Å². The number of hydrogen-bond donors (Lipinski definition) is 4. The Morgan fingerprint density at radius 1 is 0.862 bits per heavy atom. The molecule has 29 heavy (non-hydrogen) atoms. The van der Waals surface area contributed by atoms with Gasteiger partial charge in [0.25, 0.3) is 10.0 Å². The van der Waals surface area contributed by atoms with E-state index in [1.165, 1.54) is 54.6 Å². The first-order valence-corrected chi connectivity index (χ1v) is 9.90. The highest BCUT2D eigenvalue weighted by Crippen LogP contribution is 2.25. The van der Waals surface area contributed by atoms with Gasteiger partial charge in [-0.1, -0.05) is 18.2 Å². The number of phenolic OH excluding ortho intramolecular Hbond substituents is 3. The summed E-state index contributed by atoms with van der Waals surface area (Å²) in [6.45, 7) is 0. The van der Waals surface area contributed by atoms with Crippen molar-refractivity contribution in [3.63, 3.8) is 0 Å². The second-order valence-corrected chi connectivity index (χ2v) is 7.77. The van der Waals surface area contributed by atoms with Gasteiger partial charge in [0, 0.05) is 17.2 Å². The summed E-state index contributed by atoms with van der Waals surface area (Å²) in [6.07, 6.45) is 2.48. The molecular formula is C21H17NO6S. The molecule has 0 aliphatic rings. The minimum atomic E-state index is -4.03. The third kappa shape index (κ3) is 4.74. The number of anilines is 1. The highest BCUT2D eigenvalue weighted by atomic mass is 32.2. The number of phenols is 3. The lowest BCUT2D eigenvalue weighted by Gasteiger charge is -2.11. The quantitative estimate of drug-likeness (QED) is 0.280. The van der Waals surface area contributed by atoms with Crippen LogP contribution in [0.25, 0.3) is 6.08 Å². The molecule has 3 aromatic rings. The lowest BCUT2D eigenvalue weighted by molar-refractivity contribution is 0.104. The molecule has 8 heteroatoms. The molecule has 0 saturated carbocycles. The van der Waals surface area contributed by atoms with Gasteiger partial charge in [-0.2, -0.15) is 0 Å². The van der Waals surface area contributed by atoms with Crippen LogP contribution in [0.5, 0.6) is 17.2 Å². The first kappa shape index (κ1) is 20.0. The number of carbonyl (C=O) groups is 1. The normalized spacial score (nSPS) is 11.4. The van der Waals surface area contributed by atoms with E-state index in [-0.39, 0.29) is 39.0 Å². The predicted octanol–water partition coefficient (Wildman–Crippen LogP) is 3.50. The van der Waals surface area contributed by atoms with E-state index < -0.39 is 15.8 Å². The zero-order valence-corrected chi connectivity index (χ0v) is 15.8. The number of aromatic hydroxyl groups is 3. The molecule has 3 rings (SSSR count). The van der Waals surface area contributed by atoms with E-state index in [0.29, 0.717) is 0 Å². The van der Waals surface area contributed by atoms with E-state index in [9.17, 15) is 28.5 Å². The molecule has 0 heterocycles. The predicted molar refractivity (Wildman–Crippen MR) is 108 cm³/mol. The molecule has 0 aliphatic carbocycles. The summed E-state index contributed by atoms with van der Waals surface area (Å²) in [5.74, 6) is -0.910. The average molecular weight is 411 g/mol. The highest BCUT2D eigenvalue weighted by molar-refractivity contribution is 7.92. The number of sulfonamides is 1. The summed E-state index contributed by atoms with van der Waals surface area (Å²) >= 11 is 0. The largest absolute Gasteiger partial charge is 0.508 e. The number of allylic oxidation sites excluding steroid dienone is 1. The van der Waals surface area contributed by atoms with Gasteiger partial charge in [0.2, 0.25) is 0 Å². The standard InChI is InChI=1S/C21H17NO6S/c23-15-4-3-5-17(13-15)29(27,28)22-19-7-2-1-6-18(19)21(26)10-8-14-12-16(24)9-11-20(14)25/h1-13,22-25H/b10-8+. The fraction of sp³-hybridized carbons (Fsp3) is 0. The Hall–Kier alpha value is -3.78. The van der Waals surface area contributed by atoms with Crippen LogP contribution in [0.3, 0.4) is 0 Å². The van der Waals surface area contributed by atoms with Gasteiger partial charge in [-0.3, -0.25) is 9.52 Å². The molecule has 0 unspecified atom stereocenters. The van der Waals surface area contributed by atoms with Gasteiger partial charge < -0.3 is 15.3 Å². The summed E-state index contributed by atoms with van der Waals surface area (Å²) < 4.78 is 27.5. The Labute approximate surface area is 167 Å². The Morgan fingerprint density at radius 2 is 1.59 bits per heavy atom. The van der Waals surface area contributed by atoms with Crippen molar-refractivity contribution in [2.75, 3.05) is 4.72 Å².